The third-order valence-corrected chi connectivity index (χ3v) is 6.25. The molecule has 4 heterocycles. The first kappa shape index (κ1) is 19.8. The maximum absolute atomic E-state index is 12.5. The van der Waals surface area contributed by atoms with Gasteiger partial charge in [-0.25, -0.2) is 9.67 Å². The minimum atomic E-state index is -0.0865. The normalized spacial score (nSPS) is 21.0. The number of aromatic nitrogens is 3. The summed E-state index contributed by atoms with van der Waals surface area (Å²) in [5.41, 5.74) is 1.85. The van der Waals surface area contributed by atoms with Crippen molar-refractivity contribution in [3.63, 3.8) is 0 Å². The fourth-order valence-corrected chi connectivity index (χ4v) is 4.49. The highest BCUT2D eigenvalue weighted by molar-refractivity contribution is 5.81. The zero-order valence-corrected chi connectivity index (χ0v) is 17.3. The van der Waals surface area contributed by atoms with E-state index in [-0.39, 0.29) is 23.8 Å². The fraction of sp³-hybridized carbons (Fsp3) is 0.619. The molecule has 0 aromatic carbocycles. The molecule has 2 aliphatic rings. The Hall–Kier alpha value is -2.48. The highest BCUT2D eigenvalue weighted by atomic mass is 16.2. The van der Waals surface area contributed by atoms with Crippen LogP contribution < -0.4 is 5.32 Å². The summed E-state index contributed by atoms with van der Waals surface area (Å²) in [5.74, 6) is 0.422. The van der Waals surface area contributed by atoms with Crippen LogP contribution in [0.4, 0.5) is 0 Å². The molecule has 8 heteroatoms. The van der Waals surface area contributed by atoms with E-state index in [1.165, 1.54) is 12.8 Å². The topological polar surface area (TPSA) is 83.4 Å². The van der Waals surface area contributed by atoms with Gasteiger partial charge in [-0.2, -0.15) is 5.10 Å². The number of carbonyl (C=O) groups is 2. The minimum Gasteiger partial charge on any atom is -0.353 e. The number of amides is 2. The summed E-state index contributed by atoms with van der Waals surface area (Å²) in [6.45, 7) is 8.19. The average Bonchev–Trinajstić information content (AvgIpc) is 3.47. The molecule has 29 heavy (non-hydrogen) atoms. The number of fused-ring (bicyclic) bond motifs is 1. The maximum atomic E-state index is 12.5. The molecule has 2 aliphatic heterocycles. The fourth-order valence-electron chi connectivity index (χ4n) is 4.49. The molecule has 0 saturated carbocycles. The Morgan fingerprint density at radius 2 is 2.07 bits per heavy atom. The van der Waals surface area contributed by atoms with Crippen molar-refractivity contribution in [2.24, 2.45) is 0 Å². The summed E-state index contributed by atoms with van der Waals surface area (Å²) in [4.78, 5) is 32.8. The van der Waals surface area contributed by atoms with Crippen LogP contribution >= 0.6 is 0 Å². The Morgan fingerprint density at radius 3 is 2.79 bits per heavy atom. The summed E-state index contributed by atoms with van der Waals surface area (Å²) >= 11 is 0. The van der Waals surface area contributed by atoms with Gasteiger partial charge >= 0.3 is 0 Å². The number of nitrogens with one attached hydrogen (secondary N) is 1. The van der Waals surface area contributed by atoms with Crippen LogP contribution in [0, 0.1) is 0 Å². The molecule has 0 radical (unpaired) electrons. The number of hydrogen-bond donors (Lipinski definition) is 1. The first-order chi connectivity index (χ1) is 14.0. The van der Waals surface area contributed by atoms with Crippen molar-refractivity contribution < 1.29 is 9.59 Å². The van der Waals surface area contributed by atoms with Gasteiger partial charge < -0.3 is 10.2 Å². The lowest BCUT2D eigenvalue weighted by atomic mass is 10.0. The summed E-state index contributed by atoms with van der Waals surface area (Å²) in [6, 6.07) is 3.89. The Bertz CT molecular complexity index is 888. The lowest BCUT2D eigenvalue weighted by Crippen LogP contribution is -2.44. The molecule has 2 aromatic rings. The minimum absolute atomic E-state index is 0.0736. The van der Waals surface area contributed by atoms with Crippen LogP contribution in [0.15, 0.2) is 18.3 Å². The van der Waals surface area contributed by atoms with E-state index in [4.69, 9.17) is 5.10 Å². The smallest absolute Gasteiger partial charge is 0.237 e. The van der Waals surface area contributed by atoms with Crippen molar-refractivity contribution in [2.45, 2.75) is 51.6 Å². The summed E-state index contributed by atoms with van der Waals surface area (Å²) in [5, 5.41) is 8.93. The van der Waals surface area contributed by atoms with Gasteiger partial charge in [0.1, 0.15) is 0 Å². The largest absolute Gasteiger partial charge is 0.353 e. The van der Waals surface area contributed by atoms with E-state index >= 15 is 0 Å². The van der Waals surface area contributed by atoms with Crippen LogP contribution in [0.5, 0.6) is 0 Å². The zero-order valence-electron chi connectivity index (χ0n) is 17.3. The standard InChI is InChI=1S/C21H30N6O2/c1-15(25-10-3-4-11-25)21(29)23-9-13-27-20-18(6-5-8-22-20)19(24-27)17-7-12-26(14-17)16(2)28/h5-6,8,15,17H,3-4,7,9-14H2,1-2H3,(H,23,29)/t15-,17+/m1/s1. The van der Waals surface area contributed by atoms with E-state index in [1.54, 1.807) is 13.1 Å². The second-order valence-corrected chi connectivity index (χ2v) is 8.14. The highest BCUT2D eigenvalue weighted by Gasteiger charge is 2.29. The van der Waals surface area contributed by atoms with Gasteiger partial charge in [0.05, 0.1) is 18.3 Å². The molecule has 0 aliphatic carbocycles. The number of pyridine rings is 1. The quantitative estimate of drug-likeness (QED) is 0.795. The molecule has 2 atom stereocenters. The first-order valence-corrected chi connectivity index (χ1v) is 10.6. The van der Waals surface area contributed by atoms with E-state index in [9.17, 15) is 9.59 Å². The van der Waals surface area contributed by atoms with Gasteiger partial charge in [0.25, 0.3) is 0 Å². The lowest BCUT2D eigenvalue weighted by molar-refractivity contribution is -0.128. The van der Waals surface area contributed by atoms with E-state index in [0.29, 0.717) is 19.6 Å². The molecule has 8 nitrogen and oxygen atoms in total. The van der Waals surface area contributed by atoms with Crippen LogP contribution in [0.1, 0.15) is 44.7 Å². The molecule has 2 aromatic heterocycles. The maximum Gasteiger partial charge on any atom is 0.237 e. The molecule has 0 bridgehead atoms. The van der Waals surface area contributed by atoms with Crippen LogP contribution in [0.3, 0.4) is 0 Å². The van der Waals surface area contributed by atoms with Crippen molar-refractivity contribution in [1.29, 1.82) is 0 Å². The number of carbonyl (C=O) groups excluding carboxylic acids is 2. The number of likely N-dealkylation sites (tertiary alicyclic amines) is 2. The van der Waals surface area contributed by atoms with Gasteiger partial charge in [-0.1, -0.05) is 0 Å². The zero-order chi connectivity index (χ0) is 20.4. The molecule has 2 amide bonds. The average molecular weight is 399 g/mol. The van der Waals surface area contributed by atoms with Crippen LogP contribution in [-0.4, -0.2) is 75.1 Å². The molecule has 0 spiro atoms. The Balaban J connectivity index is 1.43. The molecular weight excluding hydrogens is 368 g/mol. The second-order valence-electron chi connectivity index (χ2n) is 8.14. The van der Waals surface area contributed by atoms with Gasteiger partial charge in [0.2, 0.25) is 11.8 Å². The summed E-state index contributed by atoms with van der Waals surface area (Å²) in [7, 11) is 0. The van der Waals surface area contributed by atoms with Crippen molar-refractivity contribution in [3.05, 3.63) is 24.0 Å². The van der Waals surface area contributed by atoms with Gasteiger partial charge in [0, 0.05) is 44.1 Å². The van der Waals surface area contributed by atoms with Gasteiger partial charge in [-0.15, -0.1) is 0 Å². The van der Waals surface area contributed by atoms with Gasteiger partial charge in [0.15, 0.2) is 5.65 Å². The molecular formula is C21H30N6O2. The molecule has 4 rings (SSSR count). The monoisotopic (exact) mass is 398 g/mol. The van der Waals surface area contributed by atoms with Crippen LogP contribution in [0.25, 0.3) is 11.0 Å². The van der Waals surface area contributed by atoms with Gasteiger partial charge in [-0.3, -0.25) is 14.5 Å². The predicted molar refractivity (Wildman–Crippen MR) is 110 cm³/mol. The van der Waals surface area contributed by atoms with Crippen molar-refractivity contribution >= 4 is 22.8 Å². The van der Waals surface area contributed by atoms with Gasteiger partial charge in [-0.05, 0) is 51.4 Å². The summed E-state index contributed by atoms with van der Waals surface area (Å²) < 4.78 is 1.89. The van der Waals surface area contributed by atoms with E-state index < -0.39 is 0 Å². The molecule has 1 N–H and O–H groups in total. The third kappa shape index (κ3) is 4.12. The molecule has 0 unspecified atom stereocenters. The number of nitrogens with zero attached hydrogens (tertiary/aromatic N) is 5. The lowest BCUT2D eigenvalue weighted by Gasteiger charge is -2.22. The SMILES string of the molecule is CC(=O)N1CC[C@H](c2nn(CCNC(=O)[C@@H](C)N3CCCC3)c3ncccc23)C1. The number of hydrogen-bond acceptors (Lipinski definition) is 5. The molecule has 2 saturated heterocycles. The highest BCUT2D eigenvalue weighted by Crippen LogP contribution is 2.31. The second kappa shape index (κ2) is 8.49. The Kier molecular flexibility index (Phi) is 5.80. The van der Waals surface area contributed by atoms with E-state index in [1.807, 2.05) is 28.6 Å². The first-order valence-electron chi connectivity index (χ1n) is 10.6. The van der Waals surface area contributed by atoms with E-state index in [2.05, 4.69) is 15.2 Å². The molecule has 156 valence electrons. The van der Waals surface area contributed by atoms with Crippen LogP contribution in [0.2, 0.25) is 0 Å². The Morgan fingerprint density at radius 1 is 1.28 bits per heavy atom. The predicted octanol–water partition coefficient (Wildman–Crippen LogP) is 1.37. The van der Waals surface area contributed by atoms with E-state index in [0.717, 1.165) is 42.8 Å². The third-order valence-electron chi connectivity index (χ3n) is 6.25. The van der Waals surface area contributed by atoms with Crippen molar-refractivity contribution in [1.82, 2.24) is 29.9 Å². The van der Waals surface area contributed by atoms with Crippen LogP contribution in [-0.2, 0) is 16.1 Å². The van der Waals surface area contributed by atoms with Crippen molar-refractivity contribution in [2.75, 3.05) is 32.7 Å². The summed E-state index contributed by atoms with van der Waals surface area (Å²) in [6.07, 6.45) is 5.04. The number of rotatable bonds is 6. The Labute approximate surface area is 171 Å². The van der Waals surface area contributed by atoms with Crippen molar-refractivity contribution in [3.8, 4) is 0 Å². The molecule has 2 fully saturated rings.